The molecule has 1 unspecified atom stereocenters. The third-order valence-electron chi connectivity index (χ3n) is 5.68. The van der Waals surface area contributed by atoms with Crippen molar-refractivity contribution < 1.29 is 29.3 Å². The molecule has 1 amide bonds. The Hall–Kier alpha value is -3.69. The minimum atomic E-state index is -1.12. The van der Waals surface area contributed by atoms with Crippen molar-refractivity contribution >= 4 is 28.7 Å². The average molecular weight is 482 g/mol. The van der Waals surface area contributed by atoms with E-state index in [0.717, 1.165) is 13.1 Å². The molecule has 0 saturated heterocycles. The zero-order valence-corrected chi connectivity index (χ0v) is 19.9. The Morgan fingerprint density at radius 1 is 1.00 bits per heavy atom. The zero-order chi connectivity index (χ0) is 25.4. The van der Waals surface area contributed by atoms with Gasteiger partial charge in [0, 0.05) is 24.2 Å². The molecule has 0 aliphatic carbocycles. The maximum Gasteiger partial charge on any atom is 0.311 e. The van der Waals surface area contributed by atoms with Crippen LogP contribution in [0.2, 0.25) is 0 Å². The first-order valence-electron chi connectivity index (χ1n) is 11.7. The van der Waals surface area contributed by atoms with Crippen LogP contribution in [0.4, 0.5) is 0 Å². The summed E-state index contributed by atoms with van der Waals surface area (Å²) in [6.45, 7) is 5.97. The number of carbonyl (C=O) groups excluding carboxylic acids is 2. The third-order valence-corrected chi connectivity index (χ3v) is 5.68. The zero-order valence-electron chi connectivity index (χ0n) is 19.9. The number of carboxylic acid groups (broad SMARTS) is 1. The van der Waals surface area contributed by atoms with E-state index in [9.17, 15) is 19.5 Å². The molecule has 9 heteroatoms. The molecule has 1 atom stereocenters. The van der Waals surface area contributed by atoms with E-state index in [1.54, 1.807) is 16.7 Å². The third kappa shape index (κ3) is 6.46. The van der Waals surface area contributed by atoms with Gasteiger partial charge in [-0.15, -0.1) is 0 Å². The summed E-state index contributed by atoms with van der Waals surface area (Å²) in [5.74, 6) is -2.34. The Balaban J connectivity index is 2.00. The van der Waals surface area contributed by atoms with Crippen molar-refractivity contribution in [2.24, 2.45) is 0 Å². The van der Waals surface area contributed by atoms with Gasteiger partial charge in [0.15, 0.2) is 11.4 Å². The normalized spacial score (nSPS) is 12.0. The largest absolute Gasteiger partial charge is 0.481 e. The van der Waals surface area contributed by atoms with Crippen molar-refractivity contribution in [2.45, 2.75) is 32.8 Å². The van der Waals surface area contributed by atoms with Crippen molar-refractivity contribution in [1.82, 2.24) is 14.8 Å². The second kappa shape index (κ2) is 12.1. The molecule has 0 bridgehead atoms. The number of aliphatic carboxylic acids is 1. The van der Waals surface area contributed by atoms with Crippen LogP contribution in [0.25, 0.3) is 16.6 Å². The van der Waals surface area contributed by atoms with Crippen LogP contribution in [0.5, 0.6) is 5.75 Å². The van der Waals surface area contributed by atoms with E-state index >= 15 is 0 Å². The number of aromatic nitrogens is 1. The summed E-state index contributed by atoms with van der Waals surface area (Å²) in [7, 11) is 0. The van der Waals surface area contributed by atoms with Gasteiger partial charge in [-0.3, -0.25) is 14.4 Å². The number of esters is 1. The van der Waals surface area contributed by atoms with Gasteiger partial charge in [0.1, 0.15) is 0 Å². The minimum Gasteiger partial charge on any atom is -0.481 e. The van der Waals surface area contributed by atoms with E-state index in [-0.39, 0.29) is 30.8 Å². The first-order chi connectivity index (χ1) is 16.8. The van der Waals surface area contributed by atoms with Crippen molar-refractivity contribution in [3.63, 3.8) is 0 Å². The van der Waals surface area contributed by atoms with Crippen molar-refractivity contribution in [3.8, 4) is 11.4 Å². The number of hydrogen-bond acceptors (Lipinski definition) is 6. The summed E-state index contributed by atoms with van der Waals surface area (Å²) in [4.78, 5) is 38.9. The highest BCUT2D eigenvalue weighted by Gasteiger charge is 2.27. The van der Waals surface area contributed by atoms with E-state index in [0.29, 0.717) is 23.1 Å². The summed E-state index contributed by atoms with van der Waals surface area (Å²) in [6, 6.07) is 16.3. The molecule has 0 radical (unpaired) electrons. The number of fused-ring (bicyclic) bond motifs is 1. The highest BCUT2D eigenvalue weighted by Crippen LogP contribution is 2.36. The molecule has 0 aliphatic rings. The Kier molecular flexibility index (Phi) is 8.99. The second-order valence-corrected chi connectivity index (χ2v) is 8.08. The molecule has 0 saturated carbocycles. The maximum absolute atomic E-state index is 13.5. The lowest BCUT2D eigenvalue weighted by Crippen LogP contribution is -2.40. The molecule has 1 aromatic heterocycles. The lowest BCUT2D eigenvalue weighted by Gasteiger charge is -2.22. The number of nitrogens with one attached hydrogen (secondary N) is 1. The Morgan fingerprint density at radius 2 is 1.66 bits per heavy atom. The molecule has 3 N–H and O–H groups in total. The van der Waals surface area contributed by atoms with Crippen LogP contribution < -0.4 is 10.1 Å². The molecular formula is C26H31N3O6. The van der Waals surface area contributed by atoms with Gasteiger partial charge in [-0.2, -0.15) is 0 Å². The Bertz CT molecular complexity index is 1170. The van der Waals surface area contributed by atoms with E-state index in [1.807, 2.05) is 61.2 Å². The molecule has 1 heterocycles. The molecule has 186 valence electrons. The summed E-state index contributed by atoms with van der Waals surface area (Å²) in [6.07, 6.45) is -1.49. The monoisotopic (exact) mass is 481 g/mol. The predicted octanol–water partition coefficient (Wildman–Crippen LogP) is 2.83. The number of likely N-dealkylation sites (N-methyl/N-ethyl adjacent to an activating group) is 1. The first kappa shape index (κ1) is 25.9. The fourth-order valence-corrected chi connectivity index (χ4v) is 3.88. The fourth-order valence-electron chi connectivity index (χ4n) is 3.88. The van der Waals surface area contributed by atoms with Crippen molar-refractivity contribution in [1.29, 1.82) is 0 Å². The predicted molar refractivity (Wildman–Crippen MR) is 132 cm³/mol. The summed E-state index contributed by atoms with van der Waals surface area (Å²) in [5.41, 5.74) is 1.43. The first-order valence-corrected chi connectivity index (χ1v) is 11.7. The maximum atomic E-state index is 13.5. The van der Waals surface area contributed by atoms with Gasteiger partial charge in [-0.05, 0) is 37.4 Å². The van der Waals surface area contributed by atoms with Crippen molar-refractivity contribution in [3.05, 3.63) is 60.3 Å². The fraction of sp³-hybridized carbons (Fsp3) is 0.346. The Morgan fingerprint density at radius 3 is 2.31 bits per heavy atom. The van der Waals surface area contributed by atoms with Crippen LogP contribution in [0, 0.1) is 0 Å². The average Bonchev–Trinajstić information content (AvgIpc) is 3.19. The topological polar surface area (TPSA) is 121 Å². The molecule has 35 heavy (non-hydrogen) atoms. The van der Waals surface area contributed by atoms with Crippen LogP contribution >= 0.6 is 0 Å². The van der Waals surface area contributed by atoms with Crippen LogP contribution in [0.15, 0.2) is 54.6 Å². The molecule has 0 aliphatic heterocycles. The van der Waals surface area contributed by atoms with Gasteiger partial charge in [-0.25, -0.2) is 0 Å². The lowest BCUT2D eigenvalue weighted by molar-refractivity contribution is -0.142. The molecule has 0 fully saturated rings. The van der Waals surface area contributed by atoms with E-state index in [1.165, 1.54) is 0 Å². The quantitative estimate of drug-likeness (QED) is 0.340. The highest BCUT2D eigenvalue weighted by atomic mass is 16.5. The van der Waals surface area contributed by atoms with Crippen molar-refractivity contribution in [2.75, 3.05) is 26.2 Å². The molecule has 2 aromatic carbocycles. The van der Waals surface area contributed by atoms with E-state index < -0.39 is 23.9 Å². The molecular weight excluding hydrogens is 450 g/mol. The molecule has 9 nitrogen and oxygen atoms in total. The van der Waals surface area contributed by atoms with Gasteiger partial charge < -0.3 is 29.7 Å². The highest BCUT2D eigenvalue weighted by molar-refractivity contribution is 6.06. The van der Waals surface area contributed by atoms with Crippen LogP contribution in [-0.4, -0.2) is 69.8 Å². The van der Waals surface area contributed by atoms with Gasteiger partial charge in [0.05, 0.1) is 24.5 Å². The number of carbonyl (C=O) groups is 3. The van der Waals surface area contributed by atoms with Gasteiger partial charge in [0.2, 0.25) is 0 Å². The molecule has 0 spiro atoms. The number of para-hydroxylation sites is 2. The van der Waals surface area contributed by atoms with Gasteiger partial charge in [-0.1, -0.05) is 44.2 Å². The lowest BCUT2D eigenvalue weighted by atomic mass is 10.2. The Labute approximate surface area is 203 Å². The number of ether oxygens (including phenoxy) is 1. The number of amides is 1. The second-order valence-electron chi connectivity index (χ2n) is 8.08. The molecule has 3 rings (SSSR count). The summed E-state index contributed by atoms with van der Waals surface area (Å²) >= 11 is 0. The van der Waals surface area contributed by atoms with Gasteiger partial charge >= 0.3 is 11.9 Å². The van der Waals surface area contributed by atoms with E-state index in [4.69, 9.17) is 9.84 Å². The number of rotatable bonds is 12. The minimum absolute atomic E-state index is 0.0120. The number of carboxylic acids is 1. The smallest absolute Gasteiger partial charge is 0.311 e. The SMILES string of the molecule is CCN(CC)CC(O)CNC(=O)c1c(OC(=O)CCC(=O)O)c2ccccc2n1-c1ccccc1. The number of nitrogens with zero attached hydrogens (tertiary/aromatic N) is 2. The van der Waals surface area contributed by atoms with Crippen LogP contribution in [0.3, 0.4) is 0 Å². The number of hydrogen-bond donors (Lipinski definition) is 3. The number of aliphatic hydroxyl groups is 1. The number of aliphatic hydroxyl groups excluding tert-OH is 1. The number of benzene rings is 2. The molecule has 3 aromatic rings. The van der Waals surface area contributed by atoms with E-state index in [2.05, 4.69) is 5.32 Å². The van der Waals surface area contributed by atoms with Crippen LogP contribution in [-0.2, 0) is 9.59 Å². The standard InChI is InChI=1S/C26H31N3O6/c1-3-28(4-2)17-19(30)16-27-26(34)24-25(35-23(33)15-14-22(31)32)20-12-8-9-13-21(20)29(24)18-10-6-5-7-11-18/h5-13,19,30H,3-4,14-17H2,1-2H3,(H,27,34)(H,31,32). The summed E-state index contributed by atoms with van der Waals surface area (Å²) in [5, 5.41) is 22.7. The summed E-state index contributed by atoms with van der Waals surface area (Å²) < 4.78 is 7.28. The van der Waals surface area contributed by atoms with Crippen LogP contribution in [0.1, 0.15) is 37.2 Å². The van der Waals surface area contributed by atoms with Gasteiger partial charge in [0.25, 0.3) is 5.91 Å².